The number of H-pyrrole nitrogens is 2. The van der Waals surface area contributed by atoms with E-state index in [0.717, 1.165) is 0 Å². The van der Waals surface area contributed by atoms with Gasteiger partial charge in [-0.05, 0) is 31.3 Å². The molecule has 0 bridgehead atoms. The van der Waals surface area contributed by atoms with Gasteiger partial charge in [-0.15, -0.1) is 0 Å². The van der Waals surface area contributed by atoms with Crippen molar-refractivity contribution in [1.82, 2.24) is 15.4 Å². The maximum atomic E-state index is 11.7. The number of rotatable bonds is 4. The number of carbonyl (C=O) groups excluding carboxylic acids is 1. The molecule has 2 rings (SSSR count). The minimum absolute atomic E-state index is 0.0253. The molecular weight excluding hydrogens is 280 g/mol. The molecule has 0 saturated carbocycles. The zero-order valence-electron chi connectivity index (χ0n) is 10.6. The third kappa shape index (κ3) is 3.75. The number of carbonyl (C=O) groups is 1. The number of amides is 1. The molecule has 0 aliphatic rings. The van der Waals surface area contributed by atoms with Gasteiger partial charge in [-0.2, -0.15) is 5.10 Å². The lowest BCUT2D eigenvalue weighted by Gasteiger charge is -2.01. The molecule has 0 radical (unpaired) electrons. The van der Waals surface area contributed by atoms with Gasteiger partial charge in [0.2, 0.25) is 5.91 Å². The van der Waals surface area contributed by atoms with E-state index in [1.54, 1.807) is 19.1 Å². The van der Waals surface area contributed by atoms with E-state index in [9.17, 15) is 9.59 Å². The van der Waals surface area contributed by atoms with Crippen LogP contribution in [-0.4, -0.2) is 21.6 Å². The lowest BCUT2D eigenvalue weighted by molar-refractivity contribution is -0.120. The number of hydrogen-bond donors (Lipinski definition) is 3. The molecule has 0 unspecified atom stereocenters. The van der Waals surface area contributed by atoms with Crippen LogP contribution in [-0.2, 0) is 11.2 Å². The molecule has 2 heterocycles. The highest BCUT2D eigenvalue weighted by atomic mass is 32.1. The molecule has 8 heteroatoms. The lowest BCUT2D eigenvalue weighted by Crippen LogP contribution is -2.22. The van der Waals surface area contributed by atoms with Gasteiger partial charge in [-0.1, -0.05) is 0 Å². The standard InChI is InChI=1S/C12H12N4O3S/c1-7(9-3-2-4-19-9)15-16-11(18)6-8-5-10(17)14-12(20)13-8/h2-5H,6H2,1H3,(H,16,18)(H2,13,14,17,20)/b15-7-. The maximum Gasteiger partial charge on any atom is 0.251 e. The van der Waals surface area contributed by atoms with E-state index < -0.39 is 0 Å². The Morgan fingerprint density at radius 2 is 2.30 bits per heavy atom. The summed E-state index contributed by atoms with van der Waals surface area (Å²) in [6, 6.07) is 4.74. The Balaban J connectivity index is 2.01. The van der Waals surface area contributed by atoms with Crippen LogP contribution in [0.1, 0.15) is 18.4 Å². The highest BCUT2D eigenvalue weighted by Crippen LogP contribution is 2.01. The SMILES string of the molecule is C/C(=N/NC(=O)Cc1cc(=O)[nH]c(=S)[nH]1)c1ccco1. The predicted octanol–water partition coefficient (Wildman–Crippen LogP) is 1.11. The van der Waals surface area contributed by atoms with Crippen molar-refractivity contribution in [2.45, 2.75) is 13.3 Å². The van der Waals surface area contributed by atoms with E-state index >= 15 is 0 Å². The van der Waals surface area contributed by atoms with Crippen molar-refractivity contribution in [3.8, 4) is 0 Å². The van der Waals surface area contributed by atoms with Crippen LogP contribution in [0.15, 0.2) is 38.8 Å². The molecule has 7 nitrogen and oxygen atoms in total. The molecule has 2 aromatic rings. The van der Waals surface area contributed by atoms with Gasteiger partial charge in [-0.3, -0.25) is 14.6 Å². The number of nitrogens with one attached hydrogen (secondary N) is 3. The molecule has 1 amide bonds. The van der Waals surface area contributed by atoms with Crippen molar-refractivity contribution in [2.24, 2.45) is 5.10 Å². The molecule has 3 N–H and O–H groups in total. The summed E-state index contributed by atoms with van der Waals surface area (Å²) in [5.74, 6) is 0.202. The fourth-order valence-corrected chi connectivity index (χ4v) is 1.74. The van der Waals surface area contributed by atoms with Crippen molar-refractivity contribution in [2.75, 3.05) is 0 Å². The predicted molar refractivity (Wildman–Crippen MR) is 75.0 cm³/mol. The van der Waals surface area contributed by atoms with E-state index in [2.05, 4.69) is 20.5 Å². The van der Waals surface area contributed by atoms with E-state index in [-0.39, 0.29) is 22.7 Å². The molecule has 0 aromatic carbocycles. The Bertz CT molecular complexity index is 714. The molecular formula is C12H12N4O3S. The highest BCUT2D eigenvalue weighted by Gasteiger charge is 2.05. The summed E-state index contributed by atoms with van der Waals surface area (Å²) in [6.07, 6.45) is 1.50. The van der Waals surface area contributed by atoms with Crippen molar-refractivity contribution in [1.29, 1.82) is 0 Å². The Kier molecular flexibility index (Phi) is 4.26. The largest absolute Gasteiger partial charge is 0.463 e. The van der Waals surface area contributed by atoms with Crippen LogP contribution >= 0.6 is 12.2 Å². The minimum atomic E-state index is -0.368. The lowest BCUT2D eigenvalue weighted by atomic mass is 10.3. The first-order chi connectivity index (χ1) is 9.54. The van der Waals surface area contributed by atoms with Gasteiger partial charge in [-0.25, -0.2) is 5.43 Å². The second-order valence-electron chi connectivity index (χ2n) is 4.00. The molecule has 0 saturated heterocycles. The third-order valence-electron chi connectivity index (χ3n) is 2.39. The first-order valence-electron chi connectivity index (χ1n) is 5.74. The molecule has 2 aromatic heterocycles. The number of hydrazone groups is 1. The number of hydrogen-bond acceptors (Lipinski definition) is 5. The molecule has 0 atom stereocenters. The van der Waals surface area contributed by atoms with Crippen LogP contribution in [0.4, 0.5) is 0 Å². The fourth-order valence-electron chi connectivity index (χ4n) is 1.51. The molecule has 104 valence electrons. The zero-order chi connectivity index (χ0) is 14.5. The second-order valence-corrected chi connectivity index (χ2v) is 4.41. The average Bonchev–Trinajstić information content (AvgIpc) is 2.88. The van der Waals surface area contributed by atoms with Crippen LogP contribution in [0.5, 0.6) is 0 Å². The van der Waals surface area contributed by atoms with Crippen molar-refractivity contribution in [3.63, 3.8) is 0 Å². The van der Waals surface area contributed by atoms with Gasteiger partial charge >= 0.3 is 0 Å². The van der Waals surface area contributed by atoms with Crippen molar-refractivity contribution < 1.29 is 9.21 Å². The van der Waals surface area contributed by atoms with Crippen LogP contribution in [0.3, 0.4) is 0 Å². The summed E-state index contributed by atoms with van der Waals surface area (Å²) in [4.78, 5) is 28.0. The van der Waals surface area contributed by atoms with Gasteiger partial charge in [0.15, 0.2) is 4.77 Å². The number of nitrogens with zero attached hydrogens (tertiary/aromatic N) is 1. The Morgan fingerprint density at radius 1 is 1.50 bits per heavy atom. The maximum absolute atomic E-state index is 11.7. The zero-order valence-corrected chi connectivity index (χ0v) is 11.4. The summed E-state index contributed by atoms with van der Waals surface area (Å²) in [6.45, 7) is 1.71. The molecule has 0 spiro atoms. The van der Waals surface area contributed by atoms with Crippen LogP contribution in [0, 0.1) is 4.77 Å². The second kappa shape index (κ2) is 6.11. The Hall–Kier alpha value is -2.48. The third-order valence-corrected chi connectivity index (χ3v) is 2.60. The summed E-state index contributed by atoms with van der Waals surface area (Å²) < 4.78 is 5.31. The van der Waals surface area contributed by atoms with Gasteiger partial charge < -0.3 is 9.40 Å². The van der Waals surface area contributed by atoms with Crippen LogP contribution in [0.25, 0.3) is 0 Å². The van der Waals surface area contributed by atoms with Gasteiger partial charge in [0.1, 0.15) is 11.5 Å². The molecule has 0 fully saturated rings. The summed E-state index contributed by atoms with van der Waals surface area (Å²) >= 11 is 4.82. The quantitative estimate of drug-likeness (QED) is 0.446. The average molecular weight is 292 g/mol. The van der Waals surface area contributed by atoms with E-state index in [1.807, 2.05) is 0 Å². The minimum Gasteiger partial charge on any atom is -0.463 e. The topological polar surface area (TPSA) is 103 Å². The van der Waals surface area contributed by atoms with E-state index in [1.165, 1.54) is 12.3 Å². The summed E-state index contributed by atoms with van der Waals surface area (Å²) in [5.41, 5.74) is 2.99. The number of aromatic nitrogens is 2. The first-order valence-corrected chi connectivity index (χ1v) is 6.15. The monoisotopic (exact) mass is 292 g/mol. The number of furan rings is 1. The normalized spacial score (nSPS) is 11.3. The van der Waals surface area contributed by atoms with Crippen molar-refractivity contribution in [3.05, 3.63) is 51.0 Å². The van der Waals surface area contributed by atoms with Crippen LogP contribution in [0.2, 0.25) is 0 Å². The van der Waals surface area contributed by atoms with Crippen molar-refractivity contribution >= 4 is 23.8 Å². The molecule has 0 aliphatic heterocycles. The van der Waals surface area contributed by atoms with Gasteiger partial charge in [0, 0.05) is 11.8 Å². The Labute approximate surface area is 118 Å². The number of aromatic amines is 2. The van der Waals surface area contributed by atoms with E-state index in [4.69, 9.17) is 16.6 Å². The first kappa shape index (κ1) is 13.9. The van der Waals surface area contributed by atoms with Gasteiger partial charge in [0.25, 0.3) is 5.56 Å². The summed E-state index contributed by atoms with van der Waals surface area (Å²) in [7, 11) is 0. The molecule has 0 aliphatic carbocycles. The van der Waals surface area contributed by atoms with Crippen LogP contribution < -0.4 is 11.0 Å². The molecule has 20 heavy (non-hydrogen) atoms. The van der Waals surface area contributed by atoms with E-state index in [0.29, 0.717) is 17.2 Å². The fraction of sp³-hybridized carbons (Fsp3) is 0.167. The van der Waals surface area contributed by atoms with Gasteiger partial charge in [0.05, 0.1) is 12.7 Å². The Morgan fingerprint density at radius 3 is 2.95 bits per heavy atom. The highest BCUT2D eigenvalue weighted by molar-refractivity contribution is 7.71. The smallest absolute Gasteiger partial charge is 0.251 e. The summed E-state index contributed by atoms with van der Waals surface area (Å²) in [5, 5.41) is 3.91.